The van der Waals surface area contributed by atoms with Crippen LogP contribution in [0.3, 0.4) is 0 Å². The second-order valence-corrected chi connectivity index (χ2v) is 20.2. The molecule has 5 aliphatic rings. The molecule has 5 unspecified atom stereocenters. The predicted molar refractivity (Wildman–Crippen MR) is 234 cm³/mol. The molecular weight excluding hydrogens is 853 g/mol. The standard InChI is InChI=1S/C42H56N10O9S2/c1-42(2,40(59)44-18-6-4-5-17-43-30-12-8-11-28-35(30)39(58)52(38(28)57)32-13-14-33(53)47-37(32)56)51-20-16-29(49-51)25-9-7-10-26(21-25)31-24-62-41(46-31)48-34(54)22-45-36(55)27-15-19-50(23-27)63(3,60)61/h7-12,21,27,29,31-32,41,43,46,49H,4-6,13-20,22-24H2,1-3H3,(H,44,59)(H,45,55)(H,48,54)(H,47,53,56). The molecule has 0 aliphatic carbocycles. The molecule has 340 valence electrons. The van der Waals surface area contributed by atoms with E-state index in [9.17, 15) is 42.0 Å². The van der Waals surface area contributed by atoms with Crippen molar-refractivity contribution in [3.05, 3.63) is 64.7 Å². The van der Waals surface area contributed by atoms with Crippen molar-refractivity contribution in [2.75, 3.05) is 56.6 Å². The topological polar surface area (TPSA) is 248 Å². The third kappa shape index (κ3) is 10.6. The fraction of sp³-hybridized carbons (Fsp3) is 0.548. The van der Waals surface area contributed by atoms with Gasteiger partial charge in [-0.3, -0.25) is 49.1 Å². The quantitative estimate of drug-likeness (QED) is 0.0854. The maximum Gasteiger partial charge on any atom is 0.264 e. The van der Waals surface area contributed by atoms with Gasteiger partial charge < -0.3 is 21.3 Å². The lowest BCUT2D eigenvalue weighted by atomic mass is 10.00. The lowest BCUT2D eigenvalue weighted by molar-refractivity contribution is -0.136. The molecule has 21 heteroatoms. The van der Waals surface area contributed by atoms with E-state index in [1.807, 2.05) is 31.0 Å². The monoisotopic (exact) mass is 908 g/mol. The molecule has 2 aromatic rings. The number of nitrogens with one attached hydrogen (secondary N) is 7. The summed E-state index contributed by atoms with van der Waals surface area (Å²) < 4.78 is 24.8. The number of benzene rings is 2. The Hall–Kier alpha value is -4.93. The second-order valence-electron chi connectivity index (χ2n) is 17.1. The number of hydrogen-bond acceptors (Lipinski definition) is 14. The minimum absolute atomic E-state index is 0.00170. The molecule has 0 aromatic heterocycles. The van der Waals surface area contributed by atoms with Gasteiger partial charge in [-0.15, -0.1) is 11.8 Å². The van der Waals surface area contributed by atoms with E-state index in [1.165, 1.54) is 4.31 Å². The highest BCUT2D eigenvalue weighted by atomic mass is 32.2. The van der Waals surface area contributed by atoms with Gasteiger partial charge in [-0.25, -0.2) is 23.2 Å². The van der Waals surface area contributed by atoms with Crippen LogP contribution >= 0.6 is 11.8 Å². The predicted octanol–water partition coefficient (Wildman–Crippen LogP) is 0.691. The smallest absolute Gasteiger partial charge is 0.264 e. The number of carbonyl (C=O) groups excluding carboxylic acids is 7. The van der Waals surface area contributed by atoms with Crippen LogP contribution in [0, 0.1) is 5.92 Å². The van der Waals surface area contributed by atoms with Crippen molar-refractivity contribution in [1.82, 2.24) is 46.2 Å². The number of sulfonamides is 1. The molecule has 5 aliphatic heterocycles. The molecule has 63 heavy (non-hydrogen) atoms. The molecule has 4 fully saturated rings. The average molecular weight is 909 g/mol. The first-order valence-electron chi connectivity index (χ1n) is 21.4. The molecule has 2 aromatic carbocycles. The Morgan fingerprint density at radius 2 is 1.63 bits per heavy atom. The van der Waals surface area contributed by atoms with Gasteiger partial charge >= 0.3 is 0 Å². The summed E-state index contributed by atoms with van der Waals surface area (Å²) in [7, 11) is -3.36. The molecule has 5 atom stereocenters. The summed E-state index contributed by atoms with van der Waals surface area (Å²) in [6.07, 6.45) is 4.77. The van der Waals surface area contributed by atoms with Gasteiger partial charge in [0.2, 0.25) is 39.6 Å². The third-order valence-corrected chi connectivity index (χ3v) is 14.7. The first kappa shape index (κ1) is 46.1. The number of imide groups is 2. The number of piperidine rings is 1. The Balaban J connectivity index is 0.802. The van der Waals surface area contributed by atoms with Gasteiger partial charge in [0.1, 0.15) is 17.1 Å². The van der Waals surface area contributed by atoms with E-state index < -0.39 is 51.2 Å². The second kappa shape index (κ2) is 19.4. The normalized spacial score (nSPS) is 24.4. The van der Waals surface area contributed by atoms with Crippen molar-refractivity contribution in [3.8, 4) is 0 Å². The maximum absolute atomic E-state index is 13.4. The Morgan fingerprint density at radius 3 is 2.38 bits per heavy atom. The van der Waals surface area contributed by atoms with Crippen molar-refractivity contribution in [1.29, 1.82) is 0 Å². The van der Waals surface area contributed by atoms with Crippen molar-refractivity contribution >= 4 is 68.8 Å². The summed E-state index contributed by atoms with van der Waals surface area (Å²) >= 11 is 1.56. The van der Waals surface area contributed by atoms with Gasteiger partial charge in [0.25, 0.3) is 11.8 Å². The van der Waals surface area contributed by atoms with Gasteiger partial charge in [0.15, 0.2) is 0 Å². The van der Waals surface area contributed by atoms with E-state index in [1.54, 1.807) is 30.0 Å². The molecule has 19 nitrogen and oxygen atoms in total. The average Bonchev–Trinajstić information content (AvgIpc) is 4.08. The van der Waals surface area contributed by atoms with Crippen LogP contribution in [0.15, 0.2) is 42.5 Å². The van der Waals surface area contributed by atoms with E-state index in [0.29, 0.717) is 38.3 Å². The van der Waals surface area contributed by atoms with Gasteiger partial charge in [-0.2, -0.15) is 0 Å². The lowest BCUT2D eigenvalue weighted by Crippen LogP contribution is -2.57. The summed E-state index contributed by atoms with van der Waals surface area (Å²) in [6.45, 7) is 5.69. The van der Waals surface area contributed by atoms with Gasteiger partial charge in [-0.1, -0.05) is 30.3 Å². The number of hydrogen-bond donors (Lipinski definition) is 7. The highest BCUT2D eigenvalue weighted by Crippen LogP contribution is 2.34. The molecule has 7 N–H and O–H groups in total. The molecule has 7 rings (SSSR count). The van der Waals surface area contributed by atoms with E-state index >= 15 is 0 Å². The Kier molecular flexibility index (Phi) is 14.2. The SMILES string of the molecule is CC(C)(C(=O)NCCCCCNc1cccc2c1C(=O)N(C1CCC(=O)NC1=O)C2=O)N1CCC(c2cccc(C3CSC(NC(=O)CNC(=O)C4CCN(S(C)(=O)=O)C4)N3)c2)N1. The molecule has 0 radical (unpaired) electrons. The zero-order valence-corrected chi connectivity index (χ0v) is 37.3. The van der Waals surface area contributed by atoms with Crippen LogP contribution in [0.4, 0.5) is 5.69 Å². The van der Waals surface area contributed by atoms with Gasteiger partial charge in [0, 0.05) is 62.7 Å². The van der Waals surface area contributed by atoms with Gasteiger partial charge in [0.05, 0.1) is 29.8 Å². The van der Waals surface area contributed by atoms with Crippen LogP contribution in [0.25, 0.3) is 0 Å². The first-order valence-corrected chi connectivity index (χ1v) is 24.3. The number of anilines is 1. The molecule has 0 saturated carbocycles. The number of fused-ring (bicyclic) bond motifs is 1. The van der Waals surface area contributed by atoms with E-state index in [2.05, 4.69) is 49.5 Å². The Labute approximate surface area is 371 Å². The minimum atomic E-state index is -3.36. The van der Waals surface area contributed by atoms with Crippen LogP contribution in [0.5, 0.6) is 0 Å². The van der Waals surface area contributed by atoms with Crippen molar-refractivity contribution in [3.63, 3.8) is 0 Å². The number of carbonyl (C=O) groups is 7. The molecule has 0 spiro atoms. The molecule has 5 heterocycles. The Morgan fingerprint density at radius 1 is 0.889 bits per heavy atom. The highest BCUT2D eigenvalue weighted by Gasteiger charge is 2.46. The fourth-order valence-corrected chi connectivity index (χ4v) is 10.6. The van der Waals surface area contributed by atoms with E-state index in [4.69, 9.17) is 0 Å². The molecule has 0 bridgehead atoms. The summed E-state index contributed by atoms with van der Waals surface area (Å²) in [4.78, 5) is 90.1. The number of unbranched alkanes of at least 4 members (excludes halogenated alkanes) is 2. The highest BCUT2D eigenvalue weighted by molar-refractivity contribution is 8.00. The maximum atomic E-state index is 13.4. The number of rotatable bonds is 17. The van der Waals surface area contributed by atoms with Crippen molar-refractivity contribution < 1.29 is 42.0 Å². The Bertz CT molecular complexity index is 2260. The van der Waals surface area contributed by atoms with Crippen LogP contribution in [0.1, 0.15) is 103 Å². The zero-order valence-electron chi connectivity index (χ0n) is 35.7. The fourth-order valence-electron chi connectivity index (χ4n) is 8.60. The molecule has 7 amide bonds. The van der Waals surface area contributed by atoms with Crippen LogP contribution < -0.4 is 37.3 Å². The first-order chi connectivity index (χ1) is 30.0. The zero-order chi connectivity index (χ0) is 45.1. The lowest BCUT2D eigenvalue weighted by Gasteiger charge is -2.34. The van der Waals surface area contributed by atoms with Crippen LogP contribution in [-0.4, -0.2) is 132 Å². The summed E-state index contributed by atoms with van der Waals surface area (Å²) in [5, 5.41) is 19.5. The third-order valence-electron chi connectivity index (χ3n) is 12.3. The largest absolute Gasteiger partial charge is 0.384 e. The molecular formula is C42H56N10O9S2. The summed E-state index contributed by atoms with van der Waals surface area (Å²) in [5.41, 5.74) is 5.50. The van der Waals surface area contributed by atoms with Crippen LogP contribution in [0.2, 0.25) is 0 Å². The number of hydrazine groups is 1. The number of nitrogens with zero attached hydrogens (tertiary/aromatic N) is 3. The molecule has 4 saturated heterocycles. The minimum Gasteiger partial charge on any atom is -0.384 e. The van der Waals surface area contributed by atoms with Crippen molar-refractivity contribution in [2.45, 2.75) is 88.0 Å². The van der Waals surface area contributed by atoms with E-state index in [-0.39, 0.29) is 72.4 Å². The summed E-state index contributed by atoms with van der Waals surface area (Å²) in [5.74, 6) is -2.70. The number of amides is 7. The van der Waals surface area contributed by atoms with Crippen LogP contribution in [-0.2, 0) is 34.0 Å². The number of thioether (sulfide) groups is 1. The van der Waals surface area contributed by atoms with Gasteiger partial charge in [-0.05, 0) is 75.6 Å². The van der Waals surface area contributed by atoms with Crippen molar-refractivity contribution in [2.24, 2.45) is 5.92 Å². The van der Waals surface area contributed by atoms with E-state index in [0.717, 1.165) is 53.7 Å². The summed E-state index contributed by atoms with van der Waals surface area (Å²) in [6, 6.07) is 12.2.